The monoisotopic (exact) mass is 221 g/mol. The van der Waals surface area contributed by atoms with Crippen LogP contribution in [0.4, 0.5) is 0 Å². The summed E-state index contributed by atoms with van der Waals surface area (Å²) in [6.45, 7) is 9.92. The summed E-state index contributed by atoms with van der Waals surface area (Å²) < 4.78 is 0. The summed E-state index contributed by atoms with van der Waals surface area (Å²) in [5, 5.41) is 0. The topological polar surface area (TPSA) is 17.1 Å². The number of carbonyl (C=O) groups excluding carboxylic acids is 1. The Kier molecular flexibility index (Phi) is 104. The molecule has 0 aliphatic carbocycles. The predicted molar refractivity (Wildman–Crippen MR) is 45.1 cm³/mol. The quantitative estimate of drug-likeness (QED) is 0.575. The van der Waals surface area contributed by atoms with Crippen LogP contribution in [0.1, 0.15) is 35.1 Å². The van der Waals surface area contributed by atoms with Crippen molar-refractivity contribution >= 4 is 5.78 Å². The maximum atomic E-state index is 9.33. The molecule has 1 radical (unpaired) electrons. The van der Waals surface area contributed by atoms with Crippen molar-refractivity contribution in [3.8, 4) is 0 Å². The minimum Gasteiger partial charge on any atom is -0.344 e. The van der Waals surface area contributed by atoms with Gasteiger partial charge in [0.05, 0.1) is 0 Å². The second-order valence-corrected chi connectivity index (χ2v) is 1.20. The molecule has 0 aliphatic heterocycles. The van der Waals surface area contributed by atoms with Crippen molar-refractivity contribution in [3.05, 3.63) is 13.8 Å². The number of carbonyl (C=O) groups is 1. The largest absolute Gasteiger partial charge is 0.344 e. The van der Waals surface area contributed by atoms with Gasteiger partial charge in [0.15, 0.2) is 0 Å². The third-order valence-electron chi connectivity index (χ3n) is 0. The van der Waals surface area contributed by atoms with Gasteiger partial charge in [0.1, 0.15) is 0 Å². The van der Waals surface area contributed by atoms with Crippen molar-refractivity contribution in [2.75, 3.05) is 0 Å². The zero-order chi connectivity index (χ0) is 6.28. The van der Waals surface area contributed by atoms with Crippen LogP contribution in [0, 0.1) is 13.8 Å². The molecular formula is C8H20OY-2. The zero-order valence-corrected chi connectivity index (χ0v) is 8.45. The molecule has 0 spiro atoms. The molecule has 0 heterocycles. The first-order valence-corrected chi connectivity index (χ1v) is 2.26. The van der Waals surface area contributed by atoms with E-state index in [1.165, 1.54) is 6.92 Å². The van der Waals surface area contributed by atoms with Gasteiger partial charge in [-0.1, -0.05) is 21.8 Å². The molecular weight excluding hydrogens is 201 g/mol. The molecule has 1 nitrogen and oxygen atoms in total. The van der Waals surface area contributed by atoms with Crippen LogP contribution in [-0.4, -0.2) is 5.78 Å². The maximum Gasteiger partial charge on any atom is 0 e. The predicted octanol–water partition coefficient (Wildman–Crippen LogP) is 2.91. The van der Waals surface area contributed by atoms with Gasteiger partial charge < -0.3 is 18.6 Å². The van der Waals surface area contributed by atoms with Crippen LogP contribution < -0.4 is 0 Å². The number of ketones is 1. The minimum absolute atomic E-state index is 0. The van der Waals surface area contributed by atoms with Crippen molar-refractivity contribution in [1.29, 1.82) is 0 Å². The van der Waals surface area contributed by atoms with Gasteiger partial charge in [0.25, 0.3) is 0 Å². The number of Topliss-reactive ketones (excluding diaryl/α,β-unsaturated/α-hetero) is 1. The van der Waals surface area contributed by atoms with E-state index >= 15 is 0 Å². The molecule has 0 bridgehead atoms. The van der Waals surface area contributed by atoms with Gasteiger partial charge in [-0.05, 0) is 12.7 Å². The molecule has 0 aliphatic rings. The summed E-state index contributed by atoms with van der Waals surface area (Å²) >= 11 is 0. The molecule has 0 N–H and O–H groups in total. The fourth-order valence-electron chi connectivity index (χ4n) is 0. The molecule has 0 rings (SSSR count). The van der Waals surface area contributed by atoms with Crippen molar-refractivity contribution in [1.82, 2.24) is 0 Å². The Morgan fingerprint density at radius 2 is 1.40 bits per heavy atom. The van der Waals surface area contributed by atoms with Gasteiger partial charge in [0, 0.05) is 32.7 Å². The third-order valence-corrected chi connectivity index (χ3v) is 0. The molecule has 10 heavy (non-hydrogen) atoms. The Morgan fingerprint density at radius 1 is 1.40 bits per heavy atom. The SMILES string of the molecule is C.C.[CH2-]C(C)=O.[CH2-]CC.[Y]. The maximum absolute atomic E-state index is 9.33. The first-order valence-electron chi connectivity index (χ1n) is 2.26. The number of rotatable bonds is 0. The van der Waals surface area contributed by atoms with Crippen LogP contribution in [0.2, 0.25) is 0 Å². The van der Waals surface area contributed by atoms with E-state index in [1.807, 2.05) is 6.92 Å². The minimum atomic E-state index is -0.0833. The van der Waals surface area contributed by atoms with Crippen molar-refractivity contribution in [2.24, 2.45) is 0 Å². The standard InChI is InChI=1S/C3H5O.C3H7.2CH4.Y/c1-3(2)4;1-3-2;;;/h1H2,2H3;1,3H2,2H3;2*1H4;/q2*-1;;;. The van der Waals surface area contributed by atoms with Crippen LogP contribution in [0.3, 0.4) is 0 Å². The molecule has 0 aromatic rings. The second-order valence-electron chi connectivity index (χ2n) is 1.20. The van der Waals surface area contributed by atoms with Gasteiger partial charge in [-0.3, -0.25) is 0 Å². The second kappa shape index (κ2) is 33.4. The van der Waals surface area contributed by atoms with E-state index in [-0.39, 0.29) is 53.3 Å². The molecule has 0 saturated heterocycles. The van der Waals surface area contributed by atoms with Gasteiger partial charge in [-0.2, -0.15) is 6.42 Å². The van der Waals surface area contributed by atoms with E-state index in [1.54, 1.807) is 0 Å². The van der Waals surface area contributed by atoms with Gasteiger partial charge in [0.2, 0.25) is 0 Å². The smallest absolute Gasteiger partial charge is 0 e. The summed E-state index contributed by atoms with van der Waals surface area (Å²) in [7, 11) is 0. The van der Waals surface area contributed by atoms with Crippen molar-refractivity contribution in [2.45, 2.75) is 35.1 Å². The van der Waals surface area contributed by atoms with E-state index < -0.39 is 0 Å². The summed E-state index contributed by atoms with van der Waals surface area (Å²) in [4.78, 5) is 9.33. The molecule has 2 heteroatoms. The Morgan fingerprint density at radius 3 is 1.40 bits per heavy atom. The van der Waals surface area contributed by atoms with Crippen LogP contribution in [0.5, 0.6) is 0 Å². The first kappa shape index (κ1) is 31.1. The van der Waals surface area contributed by atoms with Crippen LogP contribution >= 0.6 is 0 Å². The Labute approximate surface area is 91.9 Å². The third kappa shape index (κ3) is 1220. The molecule has 0 fully saturated rings. The average molecular weight is 221 g/mol. The summed E-state index contributed by atoms with van der Waals surface area (Å²) in [6, 6.07) is 0. The molecule has 0 aromatic carbocycles. The van der Waals surface area contributed by atoms with E-state index in [4.69, 9.17) is 0 Å². The van der Waals surface area contributed by atoms with Gasteiger partial charge in [-0.25, -0.2) is 0 Å². The summed E-state index contributed by atoms with van der Waals surface area (Å²) in [5.41, 5.74) is 0. The van der Waals surface area contributed by atoms with Crippen LogP contribution in [0.15, 0.2) is 0 Å². The molecule has 0 unspecified atom stereocenters. The number of hydrogen-bond donors (Lipinski definition) is 0. The first-order chi connectivity index (χ1) is 3.15. The van der Waals surface area contributed by atoms with Crippen molar-refractivity contribution < 1.29 is 37.5 Å². The molecule has 0 atom stereocenters. The molecule has 63 valence electrons. The van der Waals surface area contributed by atoms with Gasteiger partial charge in [-0.15, -0.1) is 0 Å². The molecule has 0 aromatic heterocycles. The van der Waals surface area contributed by atoms with E-state index in [2.05, 4.69) is 13.8 Å². The Balaban J connectivity index is -0.0000000131. The fourth-order valence-corrected chi connectivity index (χ4v) is 0. The van der Waals surface area contributed by atoms with Crippen LogP contribution in [0.25, 0.3) is 0 Å². The Hall–Kier alpha value is 0.644. The van der Waals surface area contributed by atoms with E-state index in [0.717, 1.165) is 6.42 Å². The zero-order valence-electron chi connectivity index (χ0n) is 5.61. The normalized spacial score (nSPS) is 4.30. The fraction of sp³-hybridized carbons (Fsp3) is 0.625. The average Bonchev–Trinajstić information content (AvgIpc) is 1.33. The summed E-state index contributed by atoms with van der Waals surface area (Å²) in [5.74, 6) is -0.0833. The molecule has 0 saturated carbocycles. The van der Waals surface area contributed by atoms with Gasteiger partial charge >= 0.3 is 0 Å². The summed E-state index contributed by atoms with van der Waals surface area (Å²) in [6.07, 6.45) is 1.00. The van der Waals surface area contributed by atoms with Crippen LogP contribution in [-0.2, 0) is 37.5 Å². The Bertz CT molecular complexity index is 40.5. The van der Waals surface area contributed by atoms with E-state index in [9.17, 15) is 4.79 Å². The molecule has 0 amide bonds. The van der Waals surface area contributed by atoms with E-state index in [0.29, 0.717) is 0 Å². The number of hydrogen-bond acceptors (Lipinski definition) is 1. The van der Waals surface area contributed by atoms with Crippen molar-refractivity contribution in [3.63, 3.8) is 0 Å².